The van der Waals surface area contributed by atoms with Crippen molar-refractivity contribution >= 4 is 23.9 Å². The number of carbonyl (C=O) groups is 3. The van der Waals surface area contributed by atoms with E-state index in [-0.39, 0.29) is 0 Å². The van der Waals surface area contributed by atoms with Crippen LogP contribution in [0.1, 0.15) is 6.92 Å². The van der Waals surface area contributed by atoms with Crippen LogP contribution in [0.15, 0.2) is 11.8 Å². The molecule has 1 rings (SSSR count). The first-order chi connectivity index (χ1) is 13.0. The molecule has 0 radical (unpaired) electrons. The maximum absolute atomic E-state index is 12.0. The van der Waals surface area contributed by atoms with Gasteiger partial charge >= 0.3 is 12.1 Å². The van der Waals surface area contributed by atoms with Crippen LogP contribution in [0.5, 0.6) is 0 Å². The molecule has 0 spiro atoms. The standard InChI is InChI=1S/C15H25N5O8/c1-6(22)18-10-7(19-14(16)17)4-9(13(24)25)27-12(10)11(8(23)5-21)28-15(26)20(2)3/h4,7-8,10-12,21,23H,5H2,1-3H3,(H,18,22)(H,24,25)(H4,16,17,19)/t7-,8+,10+,11+,12+/m0/s1. The first kappa shape index (κ1) is 23.0. The van der Waals surface area contributed by atoms with Crippen LogP contribution in [0.25, 0.3) is 0 Å². The molecule has 0 unspecified atom stereocenters. The Balaban J connectivity index is 3.40. The maximum Gasteiger partial charge on any atom is 0.409 e. The fraction of sp³-hybridized carbons (Fsp3) is 0.600. The Hall–Kier alpha value is -3.06. The first-order valence-electron chi connectivity index (χ1n) is 8.14. The topological polar surface area (TPSA) is 208 Å². The molecule has 8 N–H and O–H groups in total. The zero-order valence-corrected chi connectivity index (χ0v) is 15.6. The number of carbonyl (C=O) groups excluding carboxylic acids is 2. The summed E-state index contributed by atoms with van der Waals surface area (Å²) in [6.07, 6.45) is -4.46. The van der Waals surface area contributed by atoms with Gasteiger partial charge in [0.2, 0.25) is 11.7 Å². The SMILES string of the molecule is CC(=O)N[C@H]1[C@H]([C@H](OC(=O)N(C)C)[C@H](O)CO)OC(C(=O)O)=C[C@@H]1NC(=N)N. The number of ether oxygens (including phenoxy) is 2. The molecular formula is C15H25N5O8. The van der Waals surface area contributed by atoms with E-state index in [1.54, 1.807) is 0 Å². The largest absolute Gasteiger partial charge is 0.477 e. The number of aliphatic hydroxyl groups is 2. The van der Waals surface area contributed by atoms with Gasteiger partial charge in [-0.15, -0.1) is 0 Å². The summed E-state index contributed by atoms with van der Waals surface area (Å²) in [5.41, 5.74) is 5.33. The molecule has 0 saturated carbocycles. The van der Waals surface area contributed by atoms with E-state index in [1.807, 2.05) is 0 Å². The number of nitrogens with zero attached hydrogens (tertiary/aromatic N) is 1. The monoisotopic (exact) mass is 403 g/mol. The highest BCUT2D eigenvalue weighted by Crippen LogP contribution is 2.25. The molecule has 1 aliphatic rings. The van der Waals surface area contributed by atoms with Crippen molar-refractivity contribution in [3.8, 4) is 0 Å². The summed E-state index contributed by atoms with van der Waals surface area (Å²) >= 11 is 0. The van der Waals surface area contributed by atoms with Gasteiger partial charge < -0.3 is 46.1 Å². The zero-order valence-electron chi connectivity index (χ0n) is 15.6. The van der Waals surface area contributed by atoms with E-state index in [0.29, 0.717) is 0 Å². The molecular weight excluding hydrogens is 378 g/mol. The molecule has 0 aromatic heterocycles. The third-order valence-corrected chi connectivity index (χ3v) is 3.73. The second-order valence-electron chi connectivity index (χ2n) is 6.22. The third kappa shape index (κ3) is 5.99. The Bertz CT molecular complexity index is 652. The van der Waals surface area contributed by atoms with Crippen LogP contribution in [-0.4, -0.2) is 95.2 Å². The summed E-state index contributed by atoms with van der Waals surface area (Å²) in [4.78, 5) is 36.1. The predicted octanol–water partition coefficient (Wildman–Crippen LogP) is -2.87. The smallest absolute Gasteiger partial charge is 0.409 e. The summed E-state index contributed by atoms with van der Waals surface area (Å²) in [5, 5.41) is 41.2. The van der Waals surface area contributed by atoms with Crippen molar-refractivity contribution < 1.29 is 39.2 Å². The third-order valence-electron chi connectivity index (χ3n) is 3.73. The van der Waals surface area contributed by atoms with Crippen LogP contribution in [0, 0.1) is 5.41 Å². The summed E-state index contributed by atoms with van der Waals surface area (Å²) < 4.78 is 10.5. The van der Waals surface area contributed by atoms with Gasteiger partial charge in [0.25, 0.3) is 0 Å². The minimum absolute atomic E-state index is 0.522. The maximum atomic E-state index is 12.0. The Morgan fingerprint density at radius 1 is 1.39 bits per heavy atom. The van der Waals surface area contributed by atoms with Crippen LogP contribution < -0.4 is 16.4 Å². The van der Waals surface area contributed by atoms with Crippen LogP contribution >= 0.6 is 0 Å². The van der Waals surface area contributed by atoms with Crippen molar-refractivity contribution in [2.75, 3.05) is 20.7 Å². The number of carboxylic acid groups (broad SMARTS) is 1. The minimum atomic E-state index is -1.66. The number of hydrogen-bond acceptors (Lipinski definition) is 8. The lowest BCUT2D eigenvalue weighted by molar-refractivity contribution is -0.146. The van der Waals surface area contributed by atoms with Crippen molar-refractivity contribution in [1.82, 2.24) is 15.5 Å². The van der Waals surface area contributed by atoms with Crippen LogP contribution in [0.4, 0.5) is 4.79 Å². The van der Waals surface area contributed by atoms with E-state index in [1.165, 1.54) is 21.0 Å². The van der Waals surface area contributed by atoms with Gasteiger partial charge in [0.1, 0.15) is 6.10 Å². The average molecular weight is 403 g/mol. The van der Waals surface area contributed by atoms with Gasteiger partial charge in [0.15, 0.2) is 18.2 Å². The Kier molecular flexibility index (Phi) is 8.00. The number of rotatable bonds is 7. The lowest BCUT2D eigenvalue weighted by atomic mass is 9.92. The Morgan fingerprint density at radius 2 is 2.00 bits per heavy atom. The second kappa shape index (κ2) is 9.75. The highest BCUT2D eigenvalue weighted by Gasteiger charge is 2.46. The van der Waals surface area contributed by atoms with E-state index in [2.05, 4.69) is 10.6 Å². The molecule has 13 heteroatoms. The van der Waals surface area contributed by atoms with E-state index < -0.39 is 66.7 Å². The summed E-state index contributed by atoms with van der Waals surface area (Å²) in [6.45, 7) is 0.344. The van der Waals surface area contributed by atoms with Crippen LogP contribution in [-0.2, 0) is 19.1 Å². The fourth-order valence-corrected chi connectivity index (χ4v) is 2.53. The molecule has 13 nitrogen and oxygen atoms in total. The molecule has 1 aliphatic heterocycles. The van der Waals surface area contributed by atoms with Crippen LogP contribution in [0.3, 0.4) is 0 Å². The number of hydrogen-bond donors (Lipinski definition) is 7. The lowest BCUT2D eigenvalue weighted by Gasteiger charge is -2.41. The van der Waals surface area contributed by atoms with Gasteiger partial charge in [-0.1, -0.05) is 0 Å². The van der Waals surface area contributed by atoms with Gasteiger partial charge in [0.05, 0.1) is 18.7 Å². The number of aliphatic carboxylic acids is 1. The van der Waals surface area contributed by atoms with Crippen molar-refractivity contribution in [2.24, 2.45) is 5.73 Å². The van der Waals surface area contributed by atoms with Gasteiger partial charge in [0, 0.05) is 21.0 Å². The lowest BCUT2D eigenvalue weighted by Crippen LogP contribution is -2.64. The normalized spacial score (nSPS) is 23.3. The van der Waals surface area contributed by atoms with E-state index >= 15 is 0 Å². The quantitative estimate of drug-likeness (QED) is 0.171. The average Bonchev–Trinajstić information content (AvgIpc) is 2.59. The molecule has 0 bridgehead atoms. The van der Waals surface area contributed by atoms with E-state index in [4.69, 9.17) is 20.6 Å². The molecule has 0 fully saturated rings. The van der Waals surface area contributed by atoms with Crippen molar-refractivity contribution in [3.05, 3.63) is 11.8 Å². The number of carboxylic acids is 1. The van der Waals surface area contributed by atoms with Crippen molar-refractivity contribution in [1.29, 1.82) is 5.41 Å². The predicted molar refractivity (Wildman–Crippen MR) is 94.1 cm³/mol. The van der Waals surface area contributed by atoms with Gasteiger partial charge in [-0.05, 0) is 6.08 Å². The van der Waals surface area contributed by atoms with Crippen molar-refractivity contribution in [3.63, 3.8) is 0 Å². The molecule has 0 aromatic carbocycles. The van der Waals surface area contributed by atoms with E-state index in [9.17, 15) is 29.7 Å². The van der Waals surface area contributed by atoms with E-state index in [0.717, 1.165) is 11.0 Å². The van der Waals surface area contributed by atoms with Gasteiger partial charge in [-0.3, -0.25) is 10.2 Å². The molecule has 1 heterocycles. The molecule has 0 saturated heterocycles. The first-order valence-corrected chi connectivity index (χ1v) is 8.14. The Morgan fingerprint density at radius 3 is 2.43 bits per heavy atom. The summed E-state index contributed by atoms with van der Waals surface area (Å²) in [7, 11) is 2.75. The molecule has 5 atom stereocenters. The summed E-state index contributed by atoms with van der Waals surface area (Å²) in [6, 6.07) is -2.15. The number of nitrogens with two attached hydrogens (primary N) is 1. The van der Waals surface area contributed by atoms with Crippen LogP contribution in [0.2, 0.25) is 0 Å². The Labute approximate surface area is 160 Å². The summed E-state index contributed by atoms with van der Waals surface area (Å²) in [5.74, 6) is -3.12. The molecule has 2 amide bonds. The number of guanidine groups is 1. The fourth-order valence-electron chi connectivity index (χ4n) is 2.53. The van der Waals surface area contributed by atoms with Crippen molar-refractivity contribution in [2.45, 2.75) is 37.3 Å². The molecule has 0 aromatic rings. The number of nitrogens with one attached hydrogen (secondary N) is 3. The zero-order chi connectivity index (χ0) is 21.6. The number of amides is 2. The van der Waals surface area contributed by atoms with Gasteiger partial charge in [-0.2, -0.15) is 0 Å². The second-order valence-corrected chi connectivity index (χ2v) is 6.22. The molecule has 0 aliphatic carbocycles. The van der Waals surface area contributed by atoms with Gasteiger partial charge in [-0.25, -0.2) is 9.59 Å². The highest BCUT2D eigenvalue weighted by atomic mass is 16.6. The molecule has 158 valence electrons. The minimum Gasteiger partial charge on any atom is -0.477 e. The highest BCUT2D eigenvalue weighted by molar-refractivity contribution is 5.85. The number of aliphatic hydroxyl groups excluding tert-OH is 2. The molecule has 28 heavy (non-hydrogen) atoms.